The summed E-state index contributed by atoms with van der Waals surface area (Å²) >= 11 is 0. The lowest BCUT2D eigenvalue weighted by Crippen LogP contribution is -2.22. The second-order valence-electron chi connectivity index (χ2n) is 5.79. The van der Waals surface area contributed by atoms with Gasteiger partial charge in [-0.1, -0.05) is 13.3 Å². The van der Waals surface area contributed by atoms with Crippen molar-refractivity contribution in [3.63, 3.8) is 0 Å². The molecule has 0 saturated carbocycles. The van der Waals surface area contributed by atoms with E-state index in [9.17, 15) is 8.42 Å². The molecule has 0 aliphatic carbocycles. The molecular weight excluding hydrogens is 340 g/mol. The minimum absolute atomic E-state index is 0.246. The van der Waals surface area contributed by atoms with Crippen LogP contribution in [0.1, 0.15) is 19.0 Å². The Bertz CT molecular complexity index is 980. The van der Waals surface area contributed by atoms with Crippen LogP contribution in [0.25, 0.3) is 5.78 Å². The molecule has 2 aromatic heterocycles. The minimum Gasteiger partial charge on any atom is -0.340 e. The maximum atomic E-state index is 12.1. The molecule has 2 heterocycles. The fourth-order valence-corrected chi connectivity index (χ4v) is 3.31. The summed E-state index contributed by atoms with van der Waals surface area (Å²) in [7, 11) is -0.420. The fourth-order valence-electron chi connectivity index (χ4n) is 2.40. The van der Waals surface area contributed by atoms with Gasteiger partial charge in [-0.2, -0.15) is 14.6 Å². The van der Waals surface area contributed by atoms with Crippen molar-refractivity contribution in [1.29, 1.82) is 0 Å². The molecule has 9 heteroatoms. The first kappa shape index (κ1) is 17.3. The van der Waals surface area contributed by atoms with Gasteiger partial charge in [0, 0.05) is 31.5 Å². The van der Waals surface area contributed by atoms with Gasteiger partial charge in [-0.3, -0.25) is 0 Å². The van der Waals surface area contributed by atoms with Crippen LogP contribution in [0.4, 0.5) is 11.5 Å². The molecule has 0 fully saturated rings. The normalized spacial score (nSPS) is 12.0. The number of sulfonamides is 1. The van der Waals surface area contributed by atoms with Gasteiger partial charge < -0.3 is 5.32 Å². The van der Waals surface area contributed by atoms with Gasteiger partial charge in [0.1, 0.15) is 12.1 Å². The number of hydrogen-bond acceptors (Lipinski definition) is 6. The molecule has 0 saturated heterocycles. The van der Waals surface area contributed by atoms with Crippen LogP contribution in [0.2, 0.25) is 0 Å². The average molecular weight is 360 g/mol. The highest BCUT2D eigenvalue weighted by atomic mass is 32.2. The highest BCUT2D eigenvalue weighted by molar-refractivity contribution is 7.89. The molecule has 132 valence electrons. The Balaban J connectivity index is 1.92. The molecule has 0 spiro atoms. The van der Waals surface area contributed by atoms with Gasteiger partial charge in [0.25, 0.3) is 5.78 Å². The third-order valence-electron chi connectivity index (χ3n) is 3.72. The van der Waals surface area contributed by atoms with Gasteiger partial charge in [-0.05, 0) is 30.7 Å². The second-order valence-corrected chi connectivity index (χ2v) is 7.94. The summed E-state index contributed by atoms with van der Waals surface area (Å²) in [6.45, 7) is 2.09. The van der Waals surface area contributed by atoms with Gasteiger partial charge in [0.15, 0.2) is 0 Å². The number of anilines is 2. The van der Waals surface area contributed by atoms with E-state index in [1.165, 1.54) is 24.7 Å². The number of nitrogens with zero attached hydrogens (tertiary/aromatic N) is 5. The molecule has 0 bridgehead atoms. The molecule has 0 radical (unpaired) electrons. The van der Waals surface area contributed by atoms with Gasteiger partial charge in [0.05, 0.1) is 4.90 Å². The summed E-state index contributed by atoms with van der Waals surface area (Å²) in [6, 6.07) is 8.52. The zero-order chi connectivity index (χ0) is 18.0. The van der Waals surface area contributed by atoms with E-state index in [4.69, 9.17) is 0 Å². The molecule has 0 aliphatic heterocycles. The third-order valence-corrected chi connectivity index (χ3v) is 5.55. The average Bonchev–Trinajstić information content (AvgIpc) is 3.04. The smallest absolute Gasteiger partial charge is 0.254 e. The summed E-state index contributed by atoms with van der Waals surface area (Å²) in [6.07, 6.45) is 3.28. The maximum Gasteiger partial charge on any atom is 0.254 e. The van der Waals surface area contributed by atoms with Crippen LogP contribution < -0.4 is 5.32 Å². The first-order valence-electron chi connectivity index (χ1n) is 7.91. The lowest BCUT2D eigenvalue weighted by molar-refractivity contribution is 0.521. The zero-order valence-corrected chi connectivity index (χ0v) is 15.2. The number of aryl methyl sites for hydroxylation is 1. The van der Waals surface area contributed by atoms with Crippen LogP contribution in [0.15, 0.2) is 41.6 Å². The van der Waals surface area contributed by atoms with Crippen LogP contribution in [-0.2, 0) is 16.4 Å². The lowest BCUT2D eigenvalue weighted by Gasteiger charge is -2.13. The zero-order valence-electron chi connectivity index (χ0n) is 14.3. The molecule has 0 aliphatic rings. The van der Waals surface area contributed by atoms with Crippen LogP contribution >= 0.6 is 0 Å². The number of rotatable bonds is 6. The van der Waals surface area contributed by atoms with E-state index in [0.29, 0.717) is 5.78 Å². The molecule has 1 aromatic carbocycles. The Morgan fingerprint density at radius 3 is 2.56 bits per heavy atom. The summed E-state index contributed by atoms with van der Waals surface area (Å²) in [5, 5.41) is 7.43. The summed E-state index contributed by atoms with van der Waals surface area (Å²) in [4.78, 5) is 8.85. The monoisotopic (exact) mass is 360 g/mol. The number of fused-ring (bicyclic) bond motifs is 1. The molecule has 25 heavy (non-hydrogen) atoms. The van der Waals surface area contributed by atoms with Crippen molar-refractivity contribution in [1.82, 2.24) is 23.9 Å². The van der Waals surface area contributed by atoms with Gasteiger partial charge in [-0.25, -0.2) is 17.7 Å². The van der Waals surface area contributed by atoms with E-state index < -0.39 is 10.0 Å². The quantitative estimate of drug-likeness (QED) is 0.723. The third kappa shape index (κ3) is 3.47. The van der Waals surface area contributed by atoms with E-state index in [2.05, 4.69) is 27.3 Å². The summed E-state index contributed by atoms with van der Waals surface area (Å²) < 4.78 is 27.1. The second kappa shape index (κ2) is 6.77. The number of nitrogens with one attached hydrogen (secondary N) is 1. The first-order valence-corrected chi connectivity index (χ1v) is 9.35. The minimum atomic E-state index is -3.44. The highest BCUT2D eigenvalue weighted by Crippen LogP contribution is 2.21. The Kier molecular flexibility index (Phi) is 4.69. The maximum absolute atomic E-state index is 12.1. The van der Waals surface area contributed by atoms with Gasteiger partial charge >= 0.3 is 0 Å². The van der Waals surface area contributed by atoms with Crippen molar-refractivity contribution >= 4 is 27.3 Å². The van der Waals surface area contributed by atoms with Crippen LogP contribution in [-0.4, -0.2) is 46.4 Å². The van der Waals surface area contributed by atoms with Crippen molar-refractivity contribution in [3.05, 3.63) is 42.4 Å². The Morgan fingerprint density at radius 2 is 1.92 bits per heavy atom. The molecule has 3 rings (SSSR count). The van der Waals surface area contributed by atoms with E-state index >= 15 is 0 Å². The molecule has 0 atom stereocenters. The van der Waals surface area contributed by atoms with Crippen molar-refractivity contribution in [2.45, 2.75) is 24.7 Å². The number of hydrogen-bond donors (Lipinski definition) is 1. The number of aromatic nitrogens is 4. The fraction of sp³-hybridized carbons (Fsp3) is 0.312. The Labute approximate surface area is 146 Å². The van der Waals surface area contributed by atoms with Crippen molar-refractivity contribution in [2.24, 2.45) is 0 Å². The predicted octanol–water partition coefficient (Wildman–Crippen LogP) is 2.07. The van der Waals surface area contributed by atoms with Crippen molar-refractivity contribution in [2.75, 3.05) is 19.4 Å². The molecular formula is C16H20N6O2S. The largest absolute Gasteiger partial charge is 0.340 e. The van der Waals surface area contributed by atoms with E-state index in [-0.39, 0.29) is 4.90 Å². The number of benzene rings is 1. The van der Waals surface area contributed by atoms with E-state index in [1.54, 1.807) is 28.8 Å². The van der Waals surface area contributed by atoms with Gasteiger partial charge in [-0.15, -0.1) is 0 Å². The highest BCUT2D eigenvalue weighted by Gasteiger charge is 2.16. The molecule has 3 aromatic rings. The topological polar surface area (TPSA) is 92.5 Å². The molecule has 8 nitrogen and oxygen atoms in total. The Morgan fingerprint density at radius 1 is 1.20 bits per heavy atom. The standard InChI is InChI=1S/C16H20N6O2S/c1-4-5-13-10-15(22-16(20-13)17-11-18-22)19-12-6-8-14(9-7-12)25(23,24)21(2)3/h6-11,19H,4-5H2,1-3H3. The van der Waals surface area contributed by atoms with E-state index in [0.717, 1.165) is 30.0 Å². The van der Waals surface area contributed by atoms with Crippen molar-refractivity contribution < 1.29 is 8.42 Å². The Hall–Kier alpha value is -2.52. The van der Waals surface area contributed by atoms with Crippen molar-refractivity contribution in [3.8, 4) is 0 Å². The predicted molar refractivity (Wildman–Crippen MR) is 95.4 cm³/mol. The molecule has 0 unspecified atom stereocenters. The SMILES string of the molecule is CCCc1cc(Nc2ccc(S(=O)(=O)N(C)C)cc2)n2ncnc2n1. The van der Waals surface area contributed by atoms with E-state index in [1.807, 2.05) is 6.07 Å². The lowest BCUT2D eigenvalue weighted by atomic mass is 10.2. The first-order chi connectivity index (χ1) is 11.9. The van der Waals surface area contributed by atoms with Crippen LogP contribution in [0, 0.1) is 0 Å². The van der Waals surface area contributed by atoms with Gasteiger partial charge in [0.2, 0.25) is 10.0 Å². The summed E-state index contributed by atoms with van der Waals surface area (Å²) in [5.41, 5.74) is 1.68. The summed E-state index contributed by atoms with van der Waals surface area (Å²) in [5.74, 6) is 1.26. The molecule has 1 N–H and O–H groups in total. The molecule has 0 amide bonds. The van der Waals surface area contributed by atoms with Crippen LogP contribution in [0.5, 0.6) is 0 Å². The van der Waals surface area contributed by atoms with Crippen LogP contribution in [0.3, 0.4) is 0 Å².